The van der Waals surface area contributed by atoms with Crippen LogP contribution in [0.15, 0.2) is 82.0 Å². The molecular formula is C25H23ClN2O5. The van der Waals surface area contributed by atoms with Crippen LogP contribution in [-0.2, 0) is 22.7 Å². The molecule has 0 aliphatic carbocycles. The van der Waals surface area contributed by atoms with E-state index >= 15 is 0 Å². The monoisotopic (exact) mass is 466 g/mol. The number of hydrogen-bond acceptors (Lipinski definition) is 5. The van der Waals surface area contributed by atoms with Crippen molar-refractivity contribution in [2.24, 2.45) is 0 Å². The number of halogens is 1. The second-order valence-electron chi connectivity index (χ2n) is 7.34. The summed E-state index contributed by atoms with van der Waals surface area (Å²) in [5.74, 6) is 0.0790. The number of nitrogens with one attached hydrogen (secondary N) is 1. The summed E-state index contributed by atoms with van der Waals surface area (Å²) in [6.07, 6.45) is 0.120. The first kappa shape index (κ1) is 22.6. The largest absolute Gasteiger partial charge is 0.491 e. The van der Waals surface area contributed by atoms with Gasteiger partial charge in [-0.2, -0.15) is 0 Å². The van der Waals surface area contributed by atoms with Crippen molar-refractivity contribution in [3.8, 4) is 5.75 Å². The molecule has 0 unspecified atom stereocenters. The molecule has 1 amide bonds. The summed E-state index contributed by atoms with van der Waals surface area (Å²) in [6, 6.07) is 22.0. The van der Waals surface area contributed by atoms with Crippen molar-refractivity contribution in [1.29, 1.82) is 0 Å². The van der Waals surface area contributed by atoms with Gasteiger partial charge in [-0.25, -0.2) is 4.79 Å². The van der Waals surface area contributed by atoms with Crippen LogP contribution in [0.1, 0.15) is 12.0 Å². The van der Waals surface area contributed by atoms with E-state index in [1.165, 1.54) is 4.57 Å². The van der Waals surface area contributed by atoms with Crippen molar-refractivity contribution in [2.75, 3.05) is 18.5 Å². The molecule has 0 saturated carbocycles. The number of amides is 1. The molecular weight excluding hydrogens is 444 g/mol. The average molecular weight is 467 g/mol. The molecule has 3 aromatic carbocycles. The predicted octanol–water partition coefficient (Wildman–Crippen LogP) is 4.87. The lowest BCUT2D eigenvalue weighted by molar-refractivity contribution is -0.116. The Kier molecular flexibility index (Phi) is 7.44. The van der Waals surface area contributed by atoms with Crippen LogP contribution in [0, 0.1) is 0 Å². The first-order valence-corrected chi connectivity index (χ1v) is 10.9. The highest BCUT2D eigenvalue weighted by molar-refractivity contribution is 6.31. The number of benzene rings is 3. The number of oxazole rings is 1. The van der Waals surface area contributed by atoms with Gasteiger partial charge in [0.05, 0.1) is 18.7 Å². The summed E-state index contributed by atoms with van der Waals surface area (Å²) in [5.41, 5.74) is 2.60. The molecule has 170 valence electrons. The molecule has 0 bridgehead atoms. The van der Waals surface area contributed by atoms with E-state index < -0.39 is 5.76 Å². The summed E-state index contributed by atoms with van der Waals surface area (Å²) in [4.78, 5) is 24.5. The van der Waals surface area contributed by atoms with Gasteiger partial charge in [0.1, 0.15) is 12.4 Å². The van der Waals surface area contributed by atoms with Crippen LogP contribution in [0.25, 0.3) is 11.1 Å². The molecule has 0 saturated heterocycles. The van der Waals surface area contributed by atoms with Gasteiger partial charge in [-0.3, -0.25) is 9.36 Å². The number of fused-ring (bicyclic) bond motifs is 1. The molecule has 1 N–H and O–H groups in total. The van der Waals surface area contributed by atoms with E-state index in [9.17, 15) is 9.59 Å². The van der Waals surface area contributed by atoms with E-state index in [4.69, 9.17) is 25.5 Å². The fourth-order valence-electron chi connectivity index (χ4n) is 3.35. The Morgan fingerprint density at radius 2 is 1.85 bits per heavy atom. The molecule has 0 radical (unpaired) electrons. The molecule has 0 aliphatic rings. The third-order valence-corrected chi connectivity index (χ3v) is 5.15. The number of aryl methyl sites for hydroxylation is 1. The second kappa shape index (κ2) is 10.8. The molecule has 0 atom stereocenters. The number of carbonyl (C=O) groups excluding carboxylic acids is 1. The maximum absolute atomic E-state index is 12.4. The SMILES string of the molecule is O=C(CCn1c(=O)oc2cc(Cl)ccc21)Nc1cccc(COCCOc2ccccc2)c1. The van der Waals surface area contributed by atoms with Gasteiger partial charge in [0, 0.05) is 29.7 Å². The molecule has 0 fully saturated rings. The molecule has 8 heteroatoms. The number of rotatable bonds is 10. The summed E-state index contributed by atoms with van der Waals surface area (Å²) in [6.45, 7) is 1.50. The van der Waals surface area contributed by atoms with Gasteiger partial charge in [-0.15, -0.1) is 0 Å². The van der Waals surface area contributed by atoms with E-state index in [1.54, 1.807) is 24.3 Å². The maximum atomic E-state index is 12.4. The highest BCUT2D eigenvalue weighted by Gasteiger charge is 2.11. The van der Waals surface area contributed by atoms with E-state index in [0.717, 1.165) is 11.3 Å². The zero-order valence-electron chi connectivity index (χ0n) is 17.8. The van der Waals surface area contributed by atoms with Crippen LogP contribution in [0.4, 0.5) is 5.69 Å². The quantitative estimate of drug-likeness (QED) is 0.337. The van der Waals surface area contributed by atoms with Gasteiger partial charge in [0.15, 0.2) is 5.58 Å². The van der Waals surface area contributed by atoms with Crippen molar-refractivity contribution < 1.29 is 18.7 Å². The van der Waals surface area contributed by atoms with Crippen LogP contribution in [0.2, 0.25) is 5.02 Å². The molecule has 1 aromatic heterocycles. The van der Waals surface area contributed by atoms with Crippen LogP contribution in [0.3, 0.4) is 0 Å². The highest BCUT2D eigenvalue weighted by atomic mass is 35.5. The highest BCUT2D eigenvalue weighted by Crippen LogP contribution is 2.19. The van der Waals surface area contributed by atoms with Gasteiger partial charge >= 0.3 is 5.76 Å². The van der Waals surface area contributed by atoms with Crippen LogP contribution >= 0.6 is 11.6 Å². The fourth-order valence-corrected chi connectivity index (χ4v) is 3.51. The van der Waals surface area contributed by atoms with Gasteiger partial charge in [0.2, 0.25) is 5.91 Å². The molecule has 0 aliphatic heterocycles. The topological polar surface area (TPSA) is 82.7 Å². The number of hydrogen-bond donors (Lipinski definition) is 1. The summed E-state index contributed by atoms with van der Waals surface area (Å²) in [5, 5.41) is 3.34. The Labute approximate surface area is 195 Å². The smallest absolute Gasteiger partial charge is 0.419 e. The van der Waals surface area contributed by atoms with Crippen LogP contribution < -0.4 is 15.8 Å². The van der Waals surface area contributed by atoms with Gasteiger partial charge in [0.25, 0.3) is 0 Å². The zero-order valence-corrected chi connectivity index (χ0v) is 18.6. The third-order valence-electron chi connectivity index (χ3n) is 4.91. The zero-order chi connectivity index (χ0) is 23.0. The molecule has 0 spiro atoms. The van der Waals surface area contributed by atoms with Gasteiger partial charge in [-0.1, -0.05) is 41.9 Å². The lowest BCUT2D eigenvalue weighted by Gasteiger charge is -2.09. The standard InChI is InChI=1S/C25H23ClN2O5/c26-19-9-10-22-23(16-19)33-25(30)28(22)12-11-24(29)27-20-6-4-5-18(15-20)17-31-13-14-32-21-7-2-1-3-8-21/h1-10,15-16H,11-14,17H2,(H,27,29). The number of nitrogens with zero attached hydrogens (tertiary/aromatic N) is 1. The fraction of sp³-hybridized carbons (Fsp3) is 0.200. The lowest BCUT2D eigenvalue weighted by atomic mass is 10.2. The van der Waals surface area contributed by atoms with Crippen molar-refractivity contribution in [1.82, 2.24) is 4.57 Å². The Morgan fingerprint density at radius 1 is 1.00 bits per heavy atom. The molecule has 7 nitrogen and oxygen atoms in total. The summed E-state index contributed by atoms with van der Waals surface area (Å²) < 4.78 is 17.9. The predicted molar refractivity (Wildman–Crippen MR) is 127 cm³/mol. The second-order valence-corrected chi connectivity index (χ2v) is 7.78. The minimum Gasteiger partial charge on any atom is -0.491 e. The van der Waals surface area contributed by atoms with Crippen molar-refractivity contribution in [2.45, 2.75) is 19.6 Å². The Hall–Kier alpha value is -3.55. The minimum absolute atomic E-state index is 0.120. The first-order chi connectivity index (χ1) is 16.1. The average Bonchev–Trinajstić information content (AvgIpc) is 3.12. The van der Waals surface area contributed by atoms with Crippen molar-refractivity contribution >= 4 is 34.3 Å². The van der Waals surface area contributed by atoms with E-state index in [2.05, 4.69) is 5.32 Å². The number of carbonyl (C=O) groups is 1. The van der Waals surface area contributed by atoms with E-state index in [1.807, 2.05) is 48.5 Å². The Morgan fingerprint density at radius 3 is 2.70 bits per heavy atom. The van der Waals surface area contributed by atoms with Crippen LogP contribution in [-0.4, -0.2) is 23.7 Å². The molecule has 4 aromatic rings. The normalized spacial score (nSPS) is 10.9. The Bertz CT molecular complexity index is 1280. The summed E-state index contributed by atoms with van der Waals surface area (Å²) >= 11 is 5.93. The minimum atomic E-state index is -0.518. The lowest BCUT2D eigenvalue weighted by Crippen LogP contribution is -2.19. The molecule has 4 rings (SSSR count). The van der Waals surface area contributed by atoms with E-state index in [0.29, 0.717) is 41.6 Å². The van der Waals surface area contributed by atoms with E-state index in [-0.39, 0.29) is 18.9 Å². The number of para-hydroxylation sites is 1. The summed E-state index contributed by atoms with van der Waals surface area (Å²) in [7, 11) is 0. The number of anilines is 1. The molecule has 1 heterocycles. The van der Waals surface area contributed by atoms with Gasteiger partial charge in [-0.05, 0) is 42.0 Å². The van der Waals surface area contributed by atoms with Gasteiger partial charge < -0.3 is 19.2 Å². The number of aromatic nitrogens is 1. The van der Waals surface area contributed by atoms with Crippen molar-refractivity contribution in [3.05, 3.63) is 93.9 Å². The third kappa shape index (κ3) is 6.25. The Balaban J connectivity index is 1.24. The first-order valence-electron chi connectivity index (χ1n) is 10.5. The molecule has 33 heavy (non-hydrogen) atoms. The maximum Gasteiger partial charge on any atom is 0.419 e. The van der Waals surface area contributed by atoms with Crippen LogP contribution in [0.5, 0.6) is 5.75 Å². The van der Waals surface area contributed by atoms with Crippen molar-refractivity contribution in [3.63, 3.8) is 0 Å². The number of ether oxygens (including phenoxy) is 2.